The third-order valence-electron chi connectivity index (χ3n) is 1.19. The Hall–Kier alpha value is -2.02. The first-order valence-electron chi connectivity index (χ1n) is 3.15. The minimum atomic E-state index is -1.15. The minimum Gasteiger partial charge on any atom is -0.465 e. The molecule has 1 rings (SSSR count). The van der Waals surface area contributed by atoms with Crippen molar-refractivity contribution < 1.29 is 9.90 Å². The molecule has 1 heterocycles. The molecule has 0 aliphatic carbocycles. The molecular formula is C8H6N2O2. The van der Waals surface area contributed by atoms with Gasteiger partial charge >= 0.3 is 6.09 Å². The van der Waals surface area contributed by atoms with Crippen molar-refractivity contribution in [2.75, 3.05) is 5.32 Å². The van der Waals surface area contributed by atoms with Gasteiger partial charge in [-0.1, -0.05) is 0 Å². The second-order valence-electron chi connectivity index (χ2n) is 1.97. The van der Waals surface area contributed by atoms with Crippen LogP contribution in [0.25, 0.3) is 0 Å². The molecule has 0 saturated heterocycles. The van der Waals surface area contributed by atoms with Gasteiger partial charge < -0.3 is 5.11 Å². The summed E-state index contributed by atoms with van der Waals surface area (Å²) in [6, 6.07) is 3.16. The summed E-state index contributed by atoms with van der Waals surface area (Å²) >= 11 is 0. The second kappa shape index (κ2) is 3.39. The van der Waals surface area contributed by atoms with Gasteiger partial charge in [0.15, 0.2) is 0 Å². The fraction of sp³-hybridized carbons (Fsp3) is 0. The highest BCUT2D eigenvalue weighted by molar-refractivity contribution is 5.84. The summed E-state index contributed by atoms with van der Waals surface area (Å²) in [4.78, 5) is 14.0. The molecule has 0 radical (unpaired) electrons. The number of aromatic nitrogens is 1. The van der Waals surface area contributed by atoms with Crippen LogP contribution >= 0.6 is 0 Å². The summed E-state index contributed by atoms with van der Waals surface area (Å²) in [5.74, 6) is 2.26. The fourth-order valence-electron chi connectivity index (χ4n) is 0.736. The van der Waals surface area contributed by atoms with Gasteiger partial charge in [-0.2, -0.15) is 0 Å². The van der Waals surface area contributed by atoms with Gasteiger partial charge in [0, 0.05) is 6.20 Å². The first kappa shape index (κ1) is 8.08. The number of amides is 1. The van der Waals surface area contributed by atoms with Gasteiger partial charge in [-0.15, -0.1) is 6.42 Å². The predicted octanol–water partition coefficient (Wildman–Crippen LogP) is 1.15. The van der Waals surface area contributed by atoms with E-state index in [9.17, 15) is 4.79 Å². The van der Waals surface area contributed by atoms with Crippen LogP contribution in [0.4, 0.5) is 10.5 Å². The Morgan fingerprint density at radius 3 is 3.08 bits per heavy atom. The lowest BCUT2D eigenvalue weighted by Crippen LogP contribution is -2.08. The highest BCUT2D eigenvalue weighted by atomic mass is 16.4. The Kier molecular flexibility index (Phi) is 2.29. The van der Waals surface area contributed by atoms with E-state index in [4.69, 9.17) is 11.5 Å². The standard InChI is InChI=1S/C8H6N2O2/c1-2-6-7(10-8(11)12)4-3-5-9-6/h1,3-5,10H,(H,11,12). The van der Waals surface area contributed by atoms with Crippen molar-refractivity contribution in [2.24, 2.45) is 0 Å². The van der Waals surface area contributed by atoms with Crippen molar-refractivity contribution in [1.82, 2.24) is 4.98 Å². The Balaban J connectivity index is 2.99. The summed E-state index contributed by atoms with van der Waals surface area (Å²) in [6.45, 7) is 0. The van der Waals surface area contributed by atoms with Gasteiger partial charge in [0.2, 0.25) is 0 Å². The summed E-state index contributed by atoms with van der Waals surface area (Å²) < 4.78 is 0. The Bertz CT molecular complexity index is 341. The van der Waals surface area contributed by atoms with E-state index in [1.165, 1.54) is 6.20 Å². The summed E-state index contributed by atoms with van der Waals surface area (Å²) in [7, 11) is 0. The van der Waals surface area contributed by atoms with E-state index in [1.54, 1.807) is 12.1 Å². The van der Waals surface area contributed by atoms with E-state index >= 15 is 0 Å². The first-order chi connectivity index (χ1) is 5.74. The van der Waals surface area contributed by atoms with Gasteiger partial charge in [-0.3, -0.25) is 5.32 Å². The highest BCUT2D eigenvalue weighted by Crippen LogP contribution is 2.09. The zero-order valence-corrected chi connectivity index (χ0v) is 6.11. The van der Waals surface area contributed by atoms with Crippen LogP contribution in [0.15, 0.2) is 18.3 Å². The van der Waals surface area contributed by atoms with Crippen LogP contribution in [0, 0.1) is 12.3 Å². The molecule has 1 aromatic rings. The first-order valence-corrected chi connectivity index (χ1v) is 3.15. The summed E-state index contributed by atoms with van der Waals surface area (Å²) in [5.41, 5.74) is 0.618. The molecule has 0 aromatic carbocycles. The number of terminal acetylenes is 1. The largest absolute Gasteiger partial charge is 0.465 e. The van der Waals surface area contributed by atoms with E-state index in [0.717, 1.165) is 0 Å². The number of carbonyl (C=O) groups is 1. The van der Waals surface area contributed by atoms with E-state index in [1.807, 2.05) is 0 Å². The summed E-state index contributed by atoms with van der Waals surface area (Å²) in [5, 5.41) is 10.5. The Labute approximate surface area is 69.3 Å². The van der Waals surface area contributed by atoms with Crippen LogP contribution in [-0.4, -0.2) is 16.2 Å². The second-order valence-corrected chi connectivity index (χ2v) is 1.97. The van der Waals surface area contributed by atoms with E-state index in [0.29, 0.717) is 11.4 Å². The Morgan fingerprint density at radius 1 is 1.75 bits per heavy atom. The SMILES string of the molecule is C#Cc1ncccc1NC(=O)O. The third kappa shape index (κ3) is 1.73. The van der Waals surface area contributed by atoms with Crippen LogP contribution in [0.3, 0.4) is 0 Å². The average molecular weight is 162 g/mol. The van der Waals surface area contributed by atoms with Crippen molar-refractivity contribution in [2.45, 2.75) is 0 Å². The number of rotatable bonds is 1. The molecule has 4 nitrogen and oxygen atoms in total. The molecule has 1 aromatic heterocycles. The highest BCUT2D eigenvalue weighted by Gasteiger charge is 2.02. The predicted molar refractivity (Wildman–Crippen MR) is 43.8 cm³/mol. The molecule has 0 fully saturated rings. The minimum absolute atomic E-state index is 0.292. The normalized spacial score (nSPS) is 8.58. The fourth-order valence-corrected chi connectivity index (χ4v) is 0.736. The van der Waals surface area contributed by atoms with Gasteiger partial charge in [0.25, 0.3) is 0 Å². The number of nitrogens with zero attached hydrogens (tertiary/aromatic N) is 1. The molecule has 0 bridgehead atoms. The molecule has 12 heavy (non-hydrogen) atoms. The topological polar surface area (TPSA) is 62.2 Å². The zero-order valence-electron chi connectivity index (χ0n) is 6.11. The van der Waals surface area contributed by atoms with Crippen molar-refractivity contribution in [3.8, 4) is 12.3 Å². The Morgan fingerprint density at radius 2 is 2.50 bits per heavy atom. The van der Waals surface area contributed by atoms with Gasteiger partial charge in [0.05, 0.1) is 5.69 Å². The molecule has 60 valence electrons. The quantitative estimate of drug-likeness (QED) is 0.609. The number of hydrogen-bond donors (Lipinski definition) is 2. The number of pyridine rings is 1. The van der Waals surface area contributed by atoms with E-state index in [-0.39, 0.29) is 0 Å². The third-order valence-corrected chi connectivity index (χ3v) is 1.19. The lowest BCUT2D eigenvalue weighted by atomic mass is 10.3. The molecule has 0 aliphatic rings. The average Bonchev–Trinajstić information content (AvgIpc) is 2.04. The number of nitrogens with one attached hydrogen (secondary N) is 1. The monoisotopic (exact) mass is 162 g/mol. The molecular weight excluding hydrogens is 156 g/mol. The maximum Gasteiger partial charge on any atom is 0.409 e. The maximum atomic E-state index is 10.2. The number of anilines is 1. The molecule has 1 amide bonds. The molecule has 0 aliphatic heterocycles. The molecule has 0 unspecified atom stereocenters. The van der Waals surface area contributed by atoms with Crippen LogP contribution in [0.2, 0.25) is 0 Å². The number of hydrogen-bond acceptors (Lipinski definition) is 2. The molecule has 2 N–H and O–H groups in total. The lowest BCUT2D eigenvalue weighted by molar-refractivity contribution is 0.209. The van der Waals surface area contributed by atoms with Gasteiger partial charge in [-0.05, 0) is 18.1 Å². The van der Waals surface area contributed by atoms with Crippen molar-refractivity contribution in [3.63, 3.8) is 0 Å². The van der Waals surface area contributed by atoms with Crippen molar-refractivity contribution >= 4 is 11.8 Å². The van der Waals surface area contributed by atoms with Crippen molar-refractivity contribution in [1.29, 1.82) is 0 Å². The van der Waals surface area contributed by atoms with Crippen LogP contribution in [-0.2, 0) is 0 Å². The van der Waals surface area contributed by atoms with Gasteiger partial charge in [-0.25, -0.2) is 9.78 Å². The summed E-state index contributed by atoms with van der Waals surface area (Å²) in [6.07, 6.45) is 5.43. The van der Waals surface area contributed by atoms with E-state index < -0.39 is 6.09 Å². The van der Waals surface area contributed by atoms with Crippen molar-refractivity contribution in [3.05, 3.63) is 24.0 Å². The van der Waals surface area contributed by atoms with Crippen LogP contribution in [0.1, 0.15) is 5.69 Å². The molecule has 4 heteroatoms. The zero-order chi connectivity index (χ0) is 8.97. The smallest absolute Gasteiger partial charge is 0.409 e. The molecule has 0 saturated carbocycles. The molecule has 0 spiro atoms. The van der Waals surface area contributed by atoms with Crippen LogP contribution < -0.4 is 5.32 Å². The molecule has 0 atom stereocenters. The number of carboxylic acid groups (broad SMARTS) is 1. The lowest BCUT2D eigenvalue weighted by Gasteiger charge is -2.00. The maximum absolute atomic E-state index is 10.2. The van der Waals surface area contributed by atoms with Gasteiger partial charge in [0.1, 0.15) is 5.69 Å². The van der Waals surface area contributed by atoms with Crippen LogP contribution in [0.5, 0.6) is 0 Å². The van der Waals surface area contributed by atoms with E-state index in [2.05, 4.69) is 16.2 Å².